The van der Waals surface area contributed by atoms with Gasteiger partial charge >= 0.3 is 6.07 Å². The minimum Gasteiger partial charge on any atom is -0.427 e. The number of allylic oxidation sites excluding steroid dienone is 2. The summed E-state index contributed by atoms with van der Waals surface area (Å²) in [6.07, 6.45) is -1.92. The number of hydrogen-bond donors (Lipinski definition) is 0. The topological polar surface area (TPSA) is 26.3 Å². The number of hydrogen-bond acceptors (Lipinski definition) is 2. The highest BCUT2D eigenvalue weighted by molar-refractivity contribution is 8.05. The molecule has 0 aliphatic rings. The molecule has 0 rings (SSSR count). The van der Waals surface area contributed by atoms with Crippen LogP contribution >= 0.6 is 40.2 Å². The Morgan fingerprint density at radius 2 is 2.20 bits per heavy atom. The van der Waals surface area contributed by atoms with Crippen LogP contribution in [-0.4, -0.2) is 5.88 Å². The highest BCUT2D eigenvalue weighted by Gasteiger charge is 2.14. The molecule has 0 radical (unpaired) electrons. The lowest BCUT2D eigenvalue weighted by Crippen LogP contribution is -1.78. The second-order valence-electron chi connectivity index (χ2n) is 1.47. The smallest absolute Gasteiger partial charge is 0.427 e. The number of halogens is 3. The molecule has 2 nitrogen and oxygen atoms in total. The Hall–Kier alpha value is 0.640. The van der Waals surface area contributed by atoms with Crippen molar-refractivity contribution in [3.63, 3.8) is 0 Å². The van der Waals surface area contributed by atoms with Crippen LogP contribution < -0.4 is 0 Å². The molecule has 0 atom stereocenters. The van der Waals surface area contributed by atoms with Gasteiger partial charge in [0.25, 0.3) is 0 Å². The summed E-state index contributed by atoms with van der Waals surface area (Å²) in [6, 6.07) is 0. The van der Waals surface area contributed by atoms with Crippen molar-refractivity contribution in [1.29, 1.82) is 0 Å². The van der Waals surface area contributed by atoms with Crippen molar-refractivity contribution in [2.75, 3.05) is 5.88 Å². The van der Waals surface area contributed by atoms with E-state index in [1.165, 1.54) is 6.08 Å². The van der Waals surface area contributed by atoms with Crippen molar-refractivity contribution in [2.45, 2.75) is 6.92 Å². The summed E-state index contributed by atoms with van der Waals surface area (Å²) in [7, 11) is 0. The summed E-state index contributed by atoms with van der Waals surface area (Å²) in [6.45, 7) is 1.57. The molecule has 0 bridgehead atoms. The second kappa shape index (κ2) is 4.50. The minimum absolute atomic E-state index is 0.277. The van der Waals surface area contributed by atoms with Gasteiger partial charge in [0.1, 0.15) is 0 Å². The predicted octanol–water partition coefficient (Wildman–Crippen LogP) is 3.73. The fraction of sp³-hybridized carbons (Fsp3) is 0.500. The van der Waals surface area contributed by atoms with E-state index in [9.17, 15) is 4.57 Å². The Bertz CT molecular complexity index is 173. The number of alkyl halides is 1. The Labute approximate surface area is 74.1 Å². The molecule has 0 aliphatic carbocycles. The van der Waals surface area contributed by atoms with E-state index in [2.05, 4.69) is 4.52 Å². The van der Waals surface area contributed by atoms with E-state index in [0.29, 0.717) is 5.76 Å². The standard InChI is InChI=1S/C4H6Cl3O2P/c1-4(2-3-5)9-10(6,7)8/h2H,3H2,1H3. The molecule has 10 heavy (non-hydrogen) atoms. The zero-order chi connectivity index (χ0) is 8.20. The van der Waals surface area contributed by atoms with Crippen LogP contribution in [0.1, 0.15) is 6.92 Å². The summed E-state index contributed by atoms with van der Waals surface area (Å²) in [5.41, 5.74) is 0. The van der Waals surface area contributed by atoms with Crippen LogP contribution in [0.5, 0.6) is 0 Å². The summed E-state index contributed by atoms with van der Waals surface area (Å²) >= 11 is 15.5. The maximum Gasteiger partial charge on any atom is 0.427 e. The van der Waals surface area contributed by atoms with Gasteiger partial charge in [0, 0.05) is 28.4 Å². The van der Waals surface area contributed by atoms with Gasteiger partial charge in [0.05, 0.1) is 5.76 Å². The lowest BCUT2D eigenvalue weighted by molar-refractivity contribution is 0.431. The molecule has 0 saturated heterocycles. The van der Waals surface area contributed by atoms with Gasteiger partial charge < -0.3 is 4.52 Å². The fourth-order valence-corrected chi connectivity index (χ4v) is 1.59. The van der Waals surface area contributed by atoms with Crippen LogP contribution in [0, 0.1) is 0 Å². The first kappa shape index (κ1) is 10.6. The molecule has 0 aromatic rings. The molecule has 0 amide bonds. The van der Waals surface area contributed by atoms with Crippen LogP contribution in [-0.2, 0) is 9.09 Å². The maximum atomic E-state index is 10.5. The fourth-order valence-electron chi connectivity index (χ4n) is 0.314. The predicted molar refractivity (Wildman–Crippen MR) is 44.9 cm³/mol. The van der Waals surface area contributed by atoms with Crippen LogP contribution in [0.2, 0.25) is 0 Å². The number of rotatable bonds is 3. The third-order valence-electron chi connectivity index (χ3n) is 0.615. The third kappa shape index (κ3) is 6.76. The Morgan fingerprint density at radius 3 is 2.50 bits per heavy atom. The first-order valence-electron chi connectivity index (χ1n) is 2.37. The third-order valence-corrected chi connectivity index (χ3v) is 1.68. The quantitative estimate of drug-likeness (QED) is 0.414. The summed E-state index contributed by atoms with van der Waals surface area (Å²) in [5, 5.41) is 0. The lowest BCUT2D eigenvalue weighted by atomic mass is 10.5. The van der Waals surface area contributed by atoms with Gasteiger partial charge in [-0.1, -0.05) is 0 Å². The van der Waals surface area contributed by atoms with E-state index in [0.717, 1.165) is 0 Å². The largest absolute Gasteiger partial charge is 0.427 e. The van der Waals surface area contributed by atoms with Gasteiger partial charge in [-0.15, -0.1) is 11.6 Å². The Kier molecular flexibility index (Phi) is 4.79. The highest BCUT2D eigenvalue weighted by Crippen LogP contribution is 2.59. The zero-order valence-electron chi connectivity index (χ0n) is 5.18. The first-order chi connectivity index (χ1) is 4.45. The minimum atomic E-state index is -3.43. The molecule has 0 heterocycles. The van der Waals surface area contributed by atoms with Gasteiger partial charge in [0.15, 0.2) is 0 Å². The Morgan fingerprint density at radius 1 is 1.70 bits per heavy atom. The summed E-state index contributed by atoms with van der Waals surface area (Å²) in [5.74, 6) is 0.642. The molecule has 0 fully saturated rings. The van der Waals surface area contributed by atoms with Crippen molar-refractivity contribution in [3.05, 3.63) is 11.8 Å². The van der Waals surface area contributed by atoms with E-state index in [4.69, 9.17) is 34.1 Å². The summed E-state index contributed by atoms with van der Waals surface area (Å²) in [4.78, 5) is 0. The van der Waals surface area contributed by atoms with Crippen molar-refractivity contribution in [2.24, 2.45) is 0 Å². The molecule has 0 unspecified atom stereocenters. The SMILES string of the molecule is CC(=CCCl)OP(=O)(Cl)Cl. The van der Waals surface area contributed by atoms with Crippen LogP contribution in [0.25, 0.3) is 0 Å². The molecular formula is C4H6Cl3O2P. The molecule has 60 valence electrons. The van der Waals surface area contributed by atoms with Crippen molar-refractivity contribution >= 4 is 40.2 Å². The van der Waals surface area contributed by atoms with E-state index in [1.54, 1.807) is 6.92 Å². The van der Waals surface area contributed by atoms with Crippen LogP contribution in [0.3, 0.4) is 0 Å². The van der Waals surface area contributed by atoms with E-state index in [-0.39, 0.29) is 5.88 Å². The monoisotopic (exact) mass is 222 g/mol. The van der Waals surface area contributed by atoms with E-state index in [1.807, 2.05) is 0 Å². The van der Waals surface area contributed by atoms with E-state index >= 15 is 0 Å². The Balaban J connectivity index is 3.92. The molecular weight excluding hydrogens is 217 g/mol. The van der Waals surface area contributed by atoms with Crippen LogP contribution in [0.4, 0.5) is 0 Å². The average Bonchev–Trinajstić information content (AvgIpc) is 1.59. The van der Waals surface area contributed by atoms with Gasteiger partial charge in [-0.25, -0.2) is 4.57 Å². The van der Waals surface area contributed by atoms with Crippen molar-refractivity contribution in [3.8, 4) is 0 Å². The summed E-state index contributed by atoms with van der Waals surface area (Å²) < 4.78 is 15.1. The maximum absolute atomic E-state index is 10.5. The molecule has 0 aromatic carbocycles. The molecule has 0 aliphatic heterocycles. The van der Waals surface area contributed by atoms with Crippen molar-refractivity contribution < 1.29 is 9.09 Å². The molecule has 0 aromatic heterocycles. The van der Waals surface area contributed by atoms with Gasteiger partial charge in [-0.05, 0) is 13.0 Å². The van der Waals surface area contributed by atoms with Gasteiger partial charge in [-0.2, -0.15) is 0 Å². The highest BCUT2D eigenvalue weighted by atomic mass is 35.9. The van der Waals surface area contributed by atoms with Crippen LogP contribution in [0.15, 0.2) is 11.8 Å². The normalized spacial score (nSPS) is 13.4. The first-order valence-corrected chi connectivity index (χ1v) is 6.34. The van der Waals surface area contributed by atoms with Gasteiger partial charge in [-0.3, -0.25) is 0 Å². The second-order valence-corrected chi connectivity index (χ2v) is 5.98. The molecule has 6 heteroatoms. The zero-order valence-corrected chi connectivity index (χ0v) is 8.34. The lowest BCUT2D eigenvalue weighted by Gasteiger charge is -2.04. The molecule has 0 N–H and O–H groups in total. The van der Waals surface area contributed by atoms with Gasteiger partial charge in [0.2, 0.25) is 0 Å². The molecule has 0 spiro atoms. The van der Waals surface area contributed by atoms with E-state index < -0.39 is 6.07 Å². The van der Waals surface area contributed by atoms with Crippen molar-refractivity contribution in [1.82, 2.24) is 0 Å². The molecule has 0 saturated carbocycles. The average molecular weight is 223 g/mol.